The van der Waals surface area contributed by atoms with Crippen LogP contribution in [0.4, 0.5) is 0 Å². The lowest BCUT2D eigenvalue weighted by Crippen LogP contribution is -2.35. The van der Waals surface area contributed by atoms with E-state index in [0.29, 0.717) is 18.5 Å². The maximum Gasteiger partial charge on any atom is 0.255 e. The number of carbonyl (C=O) groups excluding carboxylic acids is 1. The average Bonchev–Trinajstić information content (AvgIpc) is 3.13. The highest BCUT2D eigenvalue weighted by Gasteiger charge is 2.33. The number of amides is 1. The van der Waals surface area contributed by atoms with Crippen LogP contribution in [0.5, 0.6) is 0 Å². The first-order valence-electron chi connectivity index (χ1n) is 5.77. The van der Waals surface area contributed by atoms with Gasteiger partial charge in [0.25, 0.3) is 5.91 Å². The van der Waals surface area contributed by atoms with Crippen LogP contribution >= 0.6 is 27.5 Å². The van der Waals surface area contributed by atoms with Crippen LogP contribution in [0.3, 0.4) is 0 Å². The Bertz CT molecular complexity index is 431. The molecule has 0 bridgehead atoms. The van der Waals surface area contributed by atoms with Crippen LogP contribution in [0.25, 0.3) is 0 Å². The molecule has 0 atom stereocenters. The smallest absolute Gasteiger partial charge is 0.255 e. The molecule has 4 heteroatoms. The first-order valence-corrected chi connectivity index (χ1v) is 7.10. The third-order valence-electron chi connectivity index (χ3n) is 3.00. The van der Waals surface area contributed by atoms with Crippen LogP contribution in [0.1, 0.15) is 28.8 Å². The predicted molar refractivity (Wildman–Crippen MR) is 73.7 cm³/mol. The zero-order chi connectivity index (χ0) is 12.4. The minimum atomic E-state index is 0.0868. The molecular weight excluding hydrogens is 302 g/mol. The predicted octanol–water partition coefficient (Wildman–Crippen LogP) is 3.60. The van der Waals surface area contributed by atoms with E-state index >= 15 is 0 Å². The zero-order valence-electron chi connectivity index (χ0n) is 9.75. The molecule has 2 rings (SSSR count). The molecule has 1 amide bonds. The molecule has 0 spiro atoms. The molecule has 92 valence electrons. The Morgan fingerprint density at radius 3 is 2.82 bits per heavy atom. The molecule has 1 fully saturated rings. The van der Waals surface area contributed by atoms with Crippen LogP contribution in [-0.4, -0.2) is 29.3 Å². The number of hydrogen-bond acceptors (Lipinski definition) is 1. The molecule has 1 aliphatic carbocycles. The number of alkyl halides is 1. The first-order chi connectivity index (χ1) is 8.15. The largest absolute Gasteiger partial charge is 0.334 e. The summed E-state index contributed by atoms with van der Waals surface area (Å²) in [5, 5.41) is 0. The summed E-state index contributed by atoms with van der Waals surface area (Å²) < 4.78 is 0.894. The summed E-state index contributed by atoms with van der Waals surface area (Å²) in [6.07, 6.45) is 2.21. The standard InChI is InChI=1S/C13H15BrClNO/c1-9-3-2-4-11(12(9)14)13(17)16(8-7-15)10-5-6-10/h2-4,10H,5-8H2,1H3. The molecular formula is C13H15BrClNO. The van der Waals surface area contributed by atoms with Crippen molar-refractivity contribution in [3.63, 3.8) is 0 Å². The highest BCUT2D eigenvalue weighted by molar-refractivity contribution is 9.10. The lowest BCUT2D eigenvalue weighted by atomic mass is 10.1. The summed E-state index contributed by atoms with van der Waals surface area (Å²) in [5.41, 5.74) is 1.82. The van der Waals surface area contributed by atoms with Crippen LogP contribution in [0.2, 0.25) is 0 Å². The Morgan fingerprint density at radius 2 is 2.24 bits per heavy atom. The Kier molecular flexibility index (Phi) is 4.10. The Balaban J connectivity index is 2.25. The minimum absolute atomic E-state index is 0.0868. The molecule has 0 saturated heterocycles. The van der Waals surface area contributed by atoms with Gasteiger partial charge in [0.15, 0.2) is 0 Å². The van der Waals surface area contributed by atoms with E-state index in [4.69, 9.17) is 11.6 Å². The molecule has 0 N–H and O–H groups in total. The van der Waals surface area contributed by atoms with Crippen molar-refractivity contribution in [1.82, 2.24) is 4.90 Å². The van der Waals surface area contributed by atoms with Crippen molar-refractivity contribution in [2.75, 3.05) is 12.4 Å². The summed E-state index contributed by atoms with van der Waals surface area (Å²) in [6, 6.07) is 6.17. The van der Waals surface area contributed by atoms with Crippen molar-refractivity contribution in [3.8, 4) is 0 Å². The number of nitrogens with zero attached hydrogens (tertiary/aromatic N) is 1. The Labute approximate surface area is 115 Å². The monoisotopic (exact) mass is 315 g/mol. The normalized spacial score (nSPS) is 14.8. The molecule has 17 heavy (non-hydrogen) atoms. The van der Waals surface area contributed by atoms with Gasteiger partial charge in [0.05, 0.1) is 5.56 Å². The fourth-order valence-corrected chi connectivity index (χ4v) is 2.51. The van der Waals surface area contributed by atoms with Gasteiger partial charge in [0, 0.05) is 22.9 Å². The zero-order valence-corrected chi connectivity index (χ0v) is 12.1. The highest BCUT2D eigenvalue weighted by atomic mass is 79.9. The quantitative estimate of drug-likeness (QED) is 0.777. The highest BCUT2D eigenvalue weighted by Crippen LogP contribution is 2.30. The third kappa shape index (κ3) is 2.83. The number of benzene rings is 1. The Hall–Kier alpha value is -0.540. The summed E-state index contributed by atoms with van der Waals surface area (Å²) >= 11 is 9.25. The van der Waals surface area contributed by atoms with Crippen LogP contribution in [0.15, 0.2) is 22.7 Å². The number of carbonyl (C=O) groups is 1. The topological polar surface area (TPSA) is 20.3 Å². The number of aryl methyl sites for hydroxylation is 1. The van der Waals surface area contributed by atoms with Crippen molar-refractivity contribution in [2.24, 2.45) is 0 Å². The molecule has 0 radical (unpaired) electrons. The summed E-state index contributed by atoms with van der Waals surface area (Å²) in [6.45, 7) is 2.62. The lowest BCUT2D eigenvalue weighted by molar-refractivity contribution is 0.0752. The van der Waals surface area contributed by atoms with E-state index in [1.165, 1.54) is 0 Å². The Morgan fingerprint density at radius 1 is 1.53 bits per heavy atom. The molecule has 1 aromatic rings. The molecule has 1 aromatic carbocycles. The van der Waals surface area contributed by atoms with Crippen molar-refractivity contribution in [3.05, 3.63) is 33.8 Å². The van der Waals surface area contributed by atoms with Gasteiger partial charge in [-0.25, -0.2) is 0 Å². The fourth-order valence-electron chi connectivity index (χ4n) is 1.89. The SMILES string of the molecule is Cc1cccc(C(=O)N(CCCl)C2CC2)c1Br. The molecule has 0 aliphatic heterocycles. The van der Waals surface area contributed by atoms with Gasteiger partial charge in [-0.15, -0.1) is 11.6 Å². The molecule has 0 unspecified atom stereocenters. The maximum atomic E-state index is 12.4. The van der Waals surface area contributed by atoms with Gasteiger partial charge in [-0.05, 0) is 47.3 Å². The van der Waals surface area contributed by atoms with E-state index < -0.39 is 0 Å². The van der Waals surface area contributed by atoms with Gasteiger partial charge >= 0.3 is 0 Å². The van der Waals surface area contributed by atoms with Gasteiger partial charge in [-0.2, -0.15) is 0 Å². The van der Waals surface area contributed by atoms with Gasteiger partial charge < -0.3 is 4.90 Å². The van der Waals surface area contributed by atoms with Gasteiger partial charge in [-0.3, -0.25) is 4.79 Å². The molecule has 0 aromatic heterocycles. The molecule has 2 nitrogen and oxygen atoms in total. The van der Waals surface area contributed by atoms with Gasteiger partial charge in [0.2, 0.25) is 0 Å². The van der Waals surface area contributed by atoms with Crippen molar-refractivity contribution in [2.45, 2.75) is 25.8 Å². The van der Waals surface area contributed by atoms with E-state index in [2.05, 4.69) is 15.9 Å². The summed E-state index contributed by atoms with van der Waals surface area (Å²) in [4.78, 5) is 14.3. The first kappa shape index (κ1) is 12.9. The summed E-state index contributed by atoms with van der Waals surface area (Å²) in [5.74, 6) is 0.579. The number of halogens is 2. The van der Waals surface area contributed by atoms with Gasteiger partial charge in [-0.1, -0.05) is 12.1 Å². The fraction of sp³-hybridized carbons (Fsp3) is 0.462. The van der Waals surface area contributed by atoms with Crippen LogP contribution in [-0.2, 0) is 0 Å². The average molecular weight is 317 g/mol. The molecule has 0 heterocycles. The molecule has 1 saturated carbocycles. The second-order valence-corrected chi connectivity index (χ2v) is 5.53. The maximum absolute atomic E-state index is 12.4. The van der Waals surface area contributed by atoms with Gasteiger partial charge in [0.1, 0.15) is 0 Å². The number of hydrogen-bond donors (Lipinski definition) is 0. The van der Waals surface area contributed by atoms with Crippen LogP contribution in [0, 0.1) is 6.92 Å². The van der Waals surface area contributed by atoms with Crippen molar-refractivity contribution < 1.29 is 4.79 Å². The van der Waals surface area contributed by atoms with E-state index in [-0.39, 0.29) is 5.91 Å². The van der Waals surface area contributed by atoms with Crippen LogP contribution < -0.4 is 0 Å². The number of rotatable bonds is 4. The summed E-state index contributed by atoms with van der Waals surface area (Å²) in [7, 11) is 0. The van der Waals surface area contributed by atoms with E-state index in [1.54, 1.807) is 0 Å². The van der Waals surface area contributed by atoms with E-state index in [1.807, 2.05) is 30.0 Å². The second-order valence-electron chi connectivity index (χ2n) is 4.36. The van der Waals surface area contributed by atoms with E-state index in [9.17, 15) is 4.79 Å². The van der Waals surface area contributed by atoms with Crippen molar-refractivity contribution in [1.29, 1.82) is 0 Å². The third-order valence-corrected chi connectivity index (χ3v) is 4.22. The second kappa shape index (κ2) is 5.40. The minimum Gasteiger partial charge on any atom is -0.334 e. The van der Waals surface area contributed by atoms with E-state index in [0.717, 1.165) is 28.4 Å². The van der Waals surface area contributed by atoms with Crippen molar-refractivity contribution >= 4 is 33.4 Å². The molecule has 1 aliphatic rings. The lowest BCUT2D eigenvalue weighted by Gasteiger charge is -2.22.